The number of benzene rings is 1. The molecule has 0 fully saturated rings. The number of nitriles is 2. The first-order chi connectivity index (χ1) is 9.24. The molecule has 0 unspecified atom stereocenters. The number of halogens is 1. The van der Waals surface area contributed by atoms with Crippen LogP contribution >= 0.6 is 11.6 Å². The fraction of sp³-hybridized carbons (Fsp3) is 0.286. The molecule has 0 aliphatic rings. The molecule has 0 saturated heterocycles. The second-order valence-corrected chi connectivity index (χ2v) is 3.96. The van der Waals surface area contributed by atoms with Gasteiger partial charge < -0.3 is 9.47 Å². The molecule has 0 amide bonds. The molecule has 98 valence electrons. The van der Waals surface area contributed by atoms with E-state index in [0.29, 0.717) is 29.5 Å². The van der Waals surface area contributed by atoms with Crippen molar-refractivity contribution in [3.63, 3.8) is 0 Å². The summed E-state index contributed by atoms with van der Waals surface area (Å²) >= 11 is 5.59. The molecule has 0 aliphatic carbocycles. The monoisotopic (exact) mass is 276 g/mol. The molecule has 0 aromatic heterocycles. The molecule has 0 saturated carbocycles. The first-order valence-electron chi connectivity index (χ1n) is 5.64. The van der Waals surface area contributed by atoms with E-state index in [1.807, 2.05) is 12.1 Å². The maximum Gasteiger partial charge on any atom is 0.161 e. The molecule has 0 heterocycles. The minimum atomic E-state index is 0.0388. The van der Waals surface area contributed by atoms with Gasteiger partial charge in [-0.1, -0.05) is 6.07 Å². The molecular formula is C14H13ClN2O2. The van der Waals surface area contributed by atoms with Gasteiger partial charge in [0.15, 0.2) is 11.5 Å². The number of nitrogens with zero attached hydrogens (tertiary/aromatic N) is 2. The van der Waals surface area contributed by atoms with Crippen LogP contribution in [0.2, 0.25) is 0 Å². The molecule has 0 atom stereocenters. The van der Waals surface area contributed by atoms with E-state index in [-0.39, 0.29) is 5.57 Å². The summed E-state index contributed by atoms with van der Waals surface area (Å²) in [7, 11) is 1.55. The average molecular weight is 277 g/mol. The average Bonchev–Trinajstić information content (AvgIpc) is 2.45. The SMILES string of the molecule is COc1ccc(C=C(C#N)C#N)cc1OCCCCl. The Kier molecular flexibility index (Phi) is 6.29. The smallest absolute Gasteiger partial charge is 0.161 e. The van der Waals surface area contributed by atoms with Gasteiger partial charge in [0.05, 0.1) is 13.7 Å². The van der Waals surface area contributed by atoms with Crippen molar-refractivity contribution in [1.29, 1.82) is 10.5 Å². The van der Waals surface area contributed by atoms with Crippen LogP contribution in [0.5, 0.6) is 11.5 Å². The first-order valence-corrected chi connectivity index (χ1v) is 6.17. The van der Waals surface area contributed by atoms with Gasteiger partial charge in [-0.05, 0) is 30.2 Å². The second-order valence-electron chi connectivity index (χ2n) is 3.58. The van der Waals surface area contributed by atoms with Crippen LogP contribution < -0.4 is 9.47 Å². The van der Waals surface area contributed by atoms with E-state index in [2.05, 4.69) is 0 Å². The van der Waals surface area contributed by atoms with Crippen molar-refractivity contribution in [3.05, 3.63) is 29.3 Å². The predicted octanol–water partition coefficient (Wildman–Crippen LogP) is 3.13. The Balaban J connectivity index is 2.99. The molecule has 0 radical (unpaired) electrons. The summed E-state index contributed by atoms with van der Waals surface area (Å²) in [6, 6.07) is 8.83. The van der Waals surface area contributed by atoms with Crippen LogP contribution in [0.4, 0.5) is 0 Å². The lowest BCUT2D eigenvalue weighted by Crippen LogP contribution is -2.00. The molecule has 4 nitrogen and oxygen atoms in total. The predicted molar refractivity (Wildman–Crippen MR) is 73.0 cm³/mol. The number of rotatable bonds is 6. The Labute approximate surface area is 117 Å². The zero-order chi connectivity index (χ0) is 14.1. The van der Waals surface area contributed by atoms with E-state index in [1.165, 1.54) is 6.08 Å². The van der Waals surface area contributed by atoms with E-state index in [9.17, 15) is 0 Å². The molecule has 1 aromatic rings. The zero-order valence-electron chi connectivity index (χ0n) is 10.5. The van der Waals surface area contributed by atoms with Crippen LogP contribution in [0.3, 0.4) is 0 Å². The molecule has 0 aliphatic heterocycles. The van der Waals surface area contributed by atoms with E-state index < -0.39 is 0 Å². The van der Waals surface area contributed by atoms with Gasteiger partial charge in [-0.3, -0.25) is 0 Å². The molecule has 0 spiro atoms. The summed E-state index contributed by atoms with van der Waals surface area (Å²) in [5.74, 6) is 1.69. The Morgan fingerprint density at radius 1 is 1.32 bits per heavy atom. The summed E-state index contributed by atoms with van der Waals surface area (Å²) in [4.78, 5) is 0. The number of hydrogen-bond donors (Lipinski definition) is 0. The lowest BCUT2D eigenvalue weighted by molar-refractivity contribution is 0.295. The third-order valence-electron chi connectivity index (χ3n) is 2.28. The zero-order valence-corrected chi connectivity index (χ0v) is 11.3. The molecule has 1 rings (SSSR count). The van der Waals surface area contributed by atoms with Gasteiger partial charge >= 0.3 is 0 Å². The number of methoxy groups -OCH3 is 1. The summed E-state index contributed by atoms with van der Waals surface area (Å²) < 4.78 is 10.7. The van der Waals surface area contributed by atoms with Crippen LogP contribution in [0.15, 0.2) is 23.8 Å². The molecule has 5 heteroatoms. The van der Waals surface area contributed by atoms with Gasteiger partial charge in [0.25, 0.3) is 0 Å². The molecule has 19 heavy (non-hydrogen) atoms. The van der Waals surface area contributed by atoms with Crippen molar-refractivity contribution in [3.8, 4) is 23.6 Å². The molecule has 1 aromatic carbocycles. The van der Waals surface area contributed by atoms with Gasteiger partial charge in [0.2, 0.25) is 0 Å². The standard InChI is InChI=1S/C14H13ClN2O2/c1-18-13-4-3-11(7-12(9-16)10-17)8-14(13)19-6-2-5-15/h3-4,7-8H,2,5-6H2,1H3. The minimum Gasteiger partial charge on any atom is -0.493 e. The van der Waals surface area contributed by atoms with Crippen molar-refractivity contribution >= 4 is 17.7 Å². The Morgan fingerprint density at radius 3 is 2.63 bits per heavy atom. The fourth-order valence-electron chi connectivity index (χ4n) is 1.39. The van der Waals surface area contributed by atoms with Crippen LogP contribution in [-0.2, 0) is 0 Å². The van der Waals surface area contributed by atoms with Crippen LogP contribution in [-0.4, -0.2) is 19.6 Å². The Hall–Kier alpha value is -2.17. The van der Waals surface area contributed by atoms with Gasteiger partial charge in [0, 0.05) is 5.88 Å². The third-order valence-corrected chi connectivity index (χ3v) is 2.54. The van der Waals surface area contributed by atoms with E-state index >= 15 is 0 Å². The molecular weight excluding hydrogens is 264 g/mol. The quantitative estimate of drug-likeness (QED) is 0.455. The summed E-state index contributed by atoms with van der Waals surface area (Å²) in [6.07, 6.45) is 2.22. The Bertz CT molecular complexity index is 525. The lowest BCUT2D eigenvalue weighted by Gasteiger charge is -2.10. The first kappa shape index (κ1) is 14.9. The second kappa shape index (κ2) is 8.02. The maximum atomic E-state index is 8.72. The van der Waals surface area contributed by atoms with Gasteiger partial charge in [0.1, 0.15) is 17.7 Å². The normalized spacial score (nSPS) is 9.05. The highest BCUT2D eigenvalue weighted by molar-refractivity contribution is 6.17. The number of ether oxygens (including phenoxy) is 2. The Morgan fingerprint density at radius 2 is 2.05 bits per heavy atom. The highest BCUT2D eigenvalue weighted by Gasteiger charge is 2.05. The van der Waals surface area contributed by atoms with Gasteiger partial charge in [-0.25, -0.2) is 0 Å². The van der Waals surface area contributed by atoms with E-state index in [0.717, 1.165) is 6.42 Å². The highest BCUT2D eigenvalue weighted by Crippen LogP contribution is 2.29. The molecule has 0 N–H and O–H groups in total. The fourth-order valence-corrected chi connectivity index (χ4v) is 1.50. The van der Waals surface area contributed by atoms with Crippen molar-refractivity contribution in [2.24, 2.45) is 0 Å². The highest BCUT2D eigenvalue weighted by atomic mass is 35.5. The number of allylic oxidation sites excluding steroid dienone is 1. The minimum absolute atomic E-state index is 0.0388. The number of hydrogen-bond acceptors (Lipinski definition) is 4. The lowest BCUT2D eigenvalue weighted by atomic mass is 10.1. The molecule has 0 bridgehead atoms. The van der Waals surface area contributed by atoms with Gasteiger partial charge in [-0.15, -0.1) is 11.6 Å². The van der Waals surface area contributed by atoms with E-state index in [1.54, 1.807) is 25.3 Å². The van der Waals surface area contributed by atoms with Crippen LogP contribution in [0.1, 0.15) is 12.0 Å². The van der Waals surface area contributed by atoms with Crippen LogP contribution in [0, 0.1) is 22.7 Å². The third kappa shape index (κ3) is 4.54. The topological polar surface area (TPSA) is 66.0 Å². The maximum absolute atomic E-state index is 8.72. The summed E-state index contributed by atoms with van der Waals surface area (Å²) in [5, 5.41) is 17.4. The van der Waals surface area contributed by atoms with Crippen molar-refractivity contribution < 1.29 is 9.47 Å². The van der Waals surface area contributed by atoms with Crippen molar-refractivity contribution in [1.82, 2.24) is 0 Å². The number of alkyl halides is 1. The largest absolute Gasteiger partial charge is 0.493 e. The van der Waals surface area contributed by atoms with Gasteiger partial charge in [-0.2, -0.15) is 10.5 Å². The van der Waals surface area contributed by atoms with Crippen molar-refractivity contribution in [2.45, 2.75) is 6.42 Å². The summed E-state index contributed by atoms with van der Waals surface area (Å²) in [6.45, 7) is 0.483. The van der Waals surface area contributed by atoms with E-state index in [4.69, 9.17) is 31.6 Å². The van der Waals surface area contributed by atoms with Crippen LogP contribution in [0.25, 0.3) is 6.08 Å². The summed E-state index contributed by atoms with van der Waals surface area (Å²) in [5.41, 5.74) is 0.747. The van der Waals surface area contributed by atoms with Crippen molar-refractivity contribution in [2.75, 3.05) is 19.6 Å².